The Kier molecular flexibility index (Phi) is 4.61. The molecule has 5 nitrogen and oxygen atoms in total. The maximum Gasteiger partial charge on any atom is 0.246 e. The zero-order chi connectivity index (χ0) is 14.5. The minimum absolute atomic E-state index is 0.0375. The van der Waals surface area contributed by atoms with E-state index in [1.54, 1.807) is 22.8 Å². The standard InChI is InChI=1S/C15H20N2O3/c1-12-4-5-14(20-12)6-7-15(19)17-9-3-8-16(10-11-17)13(2)18/h4-7H,3,8-11H2,1-2H3/b7-6+. The first-order valence-electron chi connectivity index (χ1n) is 6.85. The zero-order valence-corrected chi connectivity index (χ0v) is 12.0. The minimum atomic E-state index is -0.0375. The van der Waals surface area contributed by atoms with Crippen molar-refractivity contribution in [3.8, 4) is 0 Å². The Morgan fingerprint density at radius 2 is 1.85 bits per heavy atom. The van der Waals surface area contributed by atoms with Crippen LogP contribution in [-0.2, 0) is 9.59 Å². The summed E-state index contributed by atoms with van der Waals surface area (Å²) in [6, 6.07) is 3.69. The molecule has 0 bridgehead atoms. The van der Waals surface area contributed by atoms with Crippen LogP contribution in [0.15, 0.2) is 22.6 Å². The van der Waals surface area contributed by atoms with Crippen molar-refractivity contribution >= 4 is 17.9 Å². The van der Waals surface area contributed by atoms with Gasteiger partial charge in [-0.25, -0.2) is 0 Å². The molecule has 1 saturated heterocycles. The van der Waals surface area contributed by atoms with Crippen molar-refractivity contribution in [3.63, 3.8) is 0 Å². The summed E-state index contributed by atoms with van der Waals surface area (Å²) in [7, 11) is 0. The fraction of sp³-hybridized carbons (Fsp3) is 0.467. The van der Waals surface area contributed by atoms with Gasteiger partial charge in [0.1, 0.15) is 11.5 Å². The van der Waals surface area contributed by atoms with Gasteiger partial charge >= 0.3 is 0 Å². The molecule has 0 radical (unpaired) electrons. The first-order valence-corrected chi connectivity index (χ1v) is 6.85. The highest BCUT2D eigenvalue weighted by atomic mass is 16.3. The average Bonchev–Trinajstić information content (AvgIpc) is 2.68. The Morgan fingerprint density at radius 3 is 2.50 bits per heavy atom. The molecule has 2 heterocycles. The fourth-order valence-corrected chi connectivity index (χ4v) is 2.25. The van der Waals surface area contributed by atoms with Crippen LogP contribution < -0.4 is 0 Å². The van der Waals surface area contributed by atoms with Crippen LogP contribution in [0, 0.1) is 6.92 Å². The second kappa shape index (κ2) is 6.41. The molecule has 0 aromatic carbocycles. The van der Waals surface area contributed by atoms with Crippen LogP contribution in [0.25, 0.3) is 6.08 Å². The zero-order valence-electron chi connectivity index (χ0n) is 12.0. The molecule has 1 fully saturated rings. The third kappa shape index (κ3) is 3.73. The van der Waals surface area contributed by atoms with Crippen LogP contribution in [0.2, 0.25) is 0 Å². The molecule has 0 aliphatic carbocycles. The summed E-state index contributed by atoms with van der Waals surface area (Å²) in [5.74, 6) is 1.53. The molecule has 2 rings (SSSR count). The lowest BCUT2D eigenvalue weighted by molar-refractivity contribution is -0.130. The number of furan rings is 1. The van der Waals surface area contributed by atoms with Gasteiger partial charge in [-0.2, -0.15) is 0 Å². The second-order valence-corrected chi connectivity index (χ2v) is 4.97. The van der Waals surface area contributed by atoms with Gasteiger partial charge in [0.2, 0.25) is 11.8 Å². The number of amides is 2. The third-order valence-electron chi connectivity index (χ3n) is 3.40. The molecule has 5 heteroatoms. The number of carbonyl (C=O) groups excluding carboxylic acids is 2. The van der Waals surface area contributed by atoms with Gasteiger partial charge in [-0.1, -0.05) is 0 Å². The van der Waals surface area contributed by atoms with Gasteiger partial charge in [-0.05, 0) is 31.6 Å². The van der Waals surface area contributed by atoms with Gasteiger partial charge in [0.05, 0.1) is 0 Å². The summed E-state index contributed by atoms with van der Waals surface area (Å²) < 4.78 is 5.38. The van der Waals surface area contributed by atoms with Crippen molar-refractivity contribution in [1.29, 1.82) is 0 Å². The van der Waals surface area contributed by atoms with Crippen molar-refractivity contribution in [2.75, 3.05) is 26.2 Å². The van der Waals surface area contributed by atoms with Crippen LogP contribution in [0.5, 0.6) is 0 Å². The minimum Gasteiger partial charge on any atom is -0.462 e. The molecule has 20 heavy (non-hydrogen) atoms. The lowest BCUT2D eigenvalue weighted by Crippen LogP contribution is -2.35. The molecule has 1 aromatic heterocycles. The van der Waals surface area contributed by atoms with Crippen LogP contribution in [-0.4, -0.2) is 47.8 Å². The average molecular weight is 276 g/mol. The lowest BCUT2D eigenvalue weighted by Gasteiger charge is -2.20. The maximum atomic E-state index is 12.1. The highest BCUT2D eigenvalue weighted by Gasteiger charge is 2.18. The van der Waals surface area contributed by atoms with Crippen molar-refractivity contribution < 1.29 is 14.0 Å². The Morgan fingerprint density at radius 1 is 1.15 bits per heavy atom. The highest BCUT2D eigenvalue weighted by molar-refractivity contribution is 5.91. The van der Waals surface area contributed by atoms with E-state index in [4.69, 9.17) is 4.42 Å². The summed E-state index contributed by atoms with van der Waals surface area (Å²) in [5, 5.41) is 0. The Labute approximate surface area is 118 Å². The molecule has 0 N–H and O–H groups in total. The van der Waals surface area contributed by atoms with Crippen LogP contribution in [0.3, 0.4) is 0 Å². The van der Waals surface area contributed by atoms with E-state index >= 15 is 0 Å². The smallest absolute Gasteiger partial charge is 0.246 e. The second-order valence-electron chi connectivity index (χ2n) is 4.97. The quantitative estimate of drug-likeness (QED) is 0.772. The SMILES string of the molecule is CC(=O)N1CCCN(C(=O)/C=C/c2ccc(C)o2)CC1. The largest absolute Gasteiger partial charge is 0.462 e. The summed E-state index contributed by atoms with van der Waals surface area (Å²) in [6.07, 6.45) is 4.03. The molecule has 1 aromatic rings. The van der Waals surface area contributed by atoms with Gasteiger partial charge < -0.3 is 14.2 Å². The van der Waals surface area contributed by atoms with Crippen molar-refractivity contribution in [1.82, 2.24) is 9.80 Å². The molecule has 0 atom stereocenters. The number of hydrogen-bond acceptors (Lipinski definition) is 3. The summed E-state index contributed by atoms with van der Waals surface area (Å²) in [6.45, 7) is 6.03. The Hall–Kier alpha value is -2.04. The number of carbonyl (C=O) groups is 2. The predicted octanol–water partition coefficient (Wildman–Crippen LogP) is 1.68. The van der Waals surface area contributed by atoms with Gasteiger partial charge in [-0.3, -0.25) is 9.59 Å². The van der Waals surface area contributed by atoms with E-state index in [-0.39, 0.29) is 11.8 Å². The van der Waals surface area contributed by atoms with E-state index in [9.17, 15) is 9.59 Å². The van der Waals surface area contributed by atoms with Crippen LogP contribution in [0.4, 0.5) is 0 Å². The highest BCUT2D eigenvalue weighted by Crippen LogP contribution is 2.09. The molecular formula is C15H20N2O3. The Bertz CT molecular complexity index is 519. The van der Waals surface area contributed by atoms with Gasteiger partial charge in [0.25, 0.3) is 0 Å². The van der Waals surface area contributed by atoms with Crippen molar-refractivity contribution in [3.05, 3.63) is 29.7 Å². The number of nitrogens with zero attached hydrogens (tertiary/aromatic N) is 2. The maximum absolute atomic E-state index is 12.1. The topological polar surface area (TPSA) is 53.8 Å². The molecule has 1 aliphatic rings. The van der Waals surface area contributed by atoms with Crippen molar-refractivity contribution in [2.24, 2.45) is 0 Å². The molecule has 0 unspecified atom stereocenters. The summed E-state index contributed by atoms with van der Waals surface area (Å²) in [4.78, 5) is 27.0. The van der Waals surface area contributed by atoms with Crippen LogP contribution >= 0.6 is 0 Å². The van der Waals surface area contributed by atoms with E-state index < -0.39 is 0 Å². The van der Waals surface area contributed by atoms with Crippen molar-refractivity contribution in [2.45, 2.75) is 20.3 Å². The fourth-order valence-electron chi connectivity index (χ4n) is 2.25. The molecular weight excluding hydrogens is 256 g/mol. The third-order valence-corrected chi connectivity index (χ3v) is 3.40. The van der Waals surface area contributed by atoms with Gasteiger partial charge in [0.15, 0.2) is 0 Å². The monoisotopic (exact) mass is 276 g/mol. The molecule has 0 spiro atoms. The molecule has 2 amide bonds. The first kappa shape index (κ1) is 14.4. The van der Waals surface area contributed by atoms with E-state index in [0.29, 0.717) is 25.4 Å². The molecule has 1 aliphatic heterocycles. The van der Waals surface area contributed by atoms with Gasteiger partial charge in [-0.15, -0.1) is 0 Å². The number of aryl methyl sites for hydroxylation is 1. The van der Waals surface area contributed by atoms with E-state index in [2.05, 4.69) is 0 Å². The normalized spacial score (nSPS) is 16.5. The van der Waals surface area contributed by atoms with E-state index in [0.717, 1.165) is 18.7 Å². The lowest BCUT2D eigenvalue weighted by atomic mass is 10.3. The van der Waals surface area contributed by atoms with Crippen LogP contribution in [0.1, 0.15) is 24.9 Å². The van der Waals surface area contributed by atoms with Gasteiger partial charge in [0, 0.05) is 39.2 Å². The Balaban J connectivity index is 1.92. The molecule has 0 saturated carbocycles. The molecule has 108 valence electrons. The summed E-state index contributed by atoms with van der Waals surface area (Å²) >= 11 is 0. The summed E-state index contributed by atoms with van der Waals surface area (Å²) in [5.41, 5.74) is 0. The first-order chi connectivity index (χ1) is 9.56. The predicted molar refractivity (Wildman–Crippen MR) is 75.9 cm³/mol. The number of hydrogen-bond donors (Lipinski definition) is 0. The number of rotatable bonds is 2. The van der Waals surface area contributed by atoms with E-state index in [1.165, 1.54) is 6.08 Å². The van der Waals surface area contributed by atoms with E-state index in [1.807, 2.05) is 19.1 Å².